The van der Waals surface area contributed by atoms with E-state index >= 15 is 0 Å². The molecule has 3 heteroatoms. The van der Waals surface area contributed by atoms with Crippen molar-refractivity contribution < 1.29 is 9.52 Å². The van der Waals surface area contributed by atoms with E-state index in [9.17, 15) is 5.11 Å². The molecule has 0 saturated carbocycles. The van der Waals surface area contributed by atoms with Crippen LogP contribution in [0.15, 0.2) is 46.9 Å². The second-order valence-electron chi connectivity index (χ2n) is 2.96. The summed E-state index contributed by atoms with van der Waals surface area (Å²) >= 11 is 5.61. The number of furan rings is 1. The molecular formula is C11H9ClO2. The number of aliphatic hydroxyl groups is 1. The van der Waals surface area contributed by atoms with Gasteiger partial charge in [0.15, 0.2) is 5.22 Å². The van der Waals surface area contributed by atoms with E-state index in [-0.39, 0.29) is 5.22 Å². The fourth-order valence-electron chi connectivity index (χ4n) is 1.27. The molecule has 2 nitrogen and oxygen atoms in total. The minimum Gasteiger partial charge on any atom is -0.447 e. The van der Waals surface area contributed by atoms with Crippen LogP contribution < -0.4 is 0 Å². The molecule has 0 amide bonds. The fourth-order valence-corrected chi connectivity index (χ4v) is 1.43. The third-order valence-corrected chi connectivity index (χ3v) is 2.18. The molecule has 1 N–H and O–H groups in total. The van der Waals surface area contributed by atoms with Crippen LogP contribution in [0.1, 0.15) is 17.4 Å². The van der Waals surface area contributed by atoms with E-state index < -0.39 is 6.10 Å². The lowest BCUT2D eigenvalue weighted by atomic mass is 10.1. The zero-order valence-electron chi connectivity index (χ0n) is 7.35. The highest BCUT2D eigenvalue weighted by molar-refractivity contribution is 6.28. The molecule has 1 unspecified atom stereocenters. The van der Waals surface area contributed by atoms with Crippen LogP contribution in [-0.2, 0) is 0 Å². The largest absolute Gasteiger partial charge is 0.447 e. The Labute approximate surface area is 86.7 Å². The Bertz CT molecular complexity index is 408. The van der Waals surface area contributed by atoms with Crippen molar-refractivity contribution in [1.82, 2.24) is 0 Å². The first-order valence-corrected chi connectivity index (χ1v) is 4.63. The summed E-state index contributed by atoms with van der Waals surface area (Å²) in [5.41, 5.74) is 0.790. The molecule has 2 aromatic rings. The minimum atomic E-state index is -0.747. The quantitative estimate of drug-likeness (QED) is 0.823. The average Bonchev–Trinajstić information content (AvgIpc) is 2.65. The number of hydrogen-bond acceptors (Lipinski definition) is 2. The number of benzene rings is 1. The number of hydrogen-bond donors (Lipinski definition) is 1. The average molecular weight is 209 g/mol. The highest BCUT2D eigenvalue weighted by Crippen LogP contribution is 2.25. The lowest BCUT2D eigenvalue weighted by Crippen LogP contribution is -1.96. The molecule has 0 bridgehead atoms. The molecule has 0 aliphatic rings. The van der Waals surface area contributed by atoms with E-state index in [1.165, 1.54) is 0 Å². The molecule has 0 aliphatic heterocycles. The Morgan fingerprint density at radius 2 is 1.79 bits per heavy atom. The molecule has 2 rings (SSSR count). The predicted octanol–water partition coefficient (Wildman–Crippen LogP) is 3.01. The van der Waals surface area contributed by atoms with E-state index in [1.54, 1.807) is 12.1 Å². The Morgan fingerprint density at radius 3 is 2.36 bits per heavy atom. The summed E-state index contributed by atoms with van der Waals surface area (Å²) in [7, 11) is 0. The molecular weight excluding hydrogens is 200 g/mol. The van der Waals surface area contributed by atoms with Crippen LogP contribution in [0, 0.1) is 0 Å². The number of halogens is 1. The minimum absolute atomic E-state index is 0.287. The van der Waals surface area contributed by atoms with Gasteiger partial charge in [-0.15, -0.1) is 0 Å². The first kappa shape index (κ1) is 9.31. The van der Waals surface area contributed by atoms with Gasteiger partial charge in [0.05, 0.1) is 0 Å². The summed E-state index contributed by atoms with van der Waals surface area (Å²) in [5.74, 6) is 0.459. The molecule has 1 aromatic carbocycles. The Balaban J connectivity index is 2.29. The van der Waals surface area contributed by atoms with Crippen molar-refractivity contribution in [2.75, 3.05) is 0 Å². The monoisotopic (exact) mass is 208 g/mol. The van der Waals surface area contributed by atoms with E-state index in [4.69, 9.17) is 16.0 Å². The van der Waals surface area contributed by atoms with Crippen molar-refractivity contribution in [1.29, 1.82) is 0 Å². The highest BCUT2D eigenvalue weighted by Gasteiger charge is 2.13. The van der Waals surface area contributed by atoms with E-state index in [1.807, 2.05) is 30.3 Å². The van der Waals surface area contributed by atoms with Gasteiger partial charge >= 0.3 is 0 Å². The molecule has 0 radical (unpaired) electrons. The summed E-state index contributed by atoms with van der Waals surface area (Å²) in [6, 6.07) is 12.6. The maximum atomic E-state index is 9.85. The second-order valence-corrected chi connectivity index (χ2v) is 3.33. The molecule has 1 aromatic heterocycles. The summed E-state index contributed by atoms with van der Waals surface area (Å²) < 4.78 is 5.12. The number of rotatable bonds is 2. The van der Waals surface area contributed by atoms with Crippen LogP contribution in [0.25, 0.3) is 0 Å². The Kier molecular flexibility index (Phi) is 2.57. The van der Waals surface area contributed by atoms with Gasteiger partial charge in [0.25, 0.3) is 0 Å². The summed E-state index contributed by atoms with van der Waals surface area (Å²) in [5, 5.41) is 10.1. The van der Waals surface area contributed by atoms with Crippen LogP contribution in [0.3, 0.4) is 0 Å². The van der Waals surface area contributed by atoms with Gasteiger partial charge in [-0.3, -0.25) is 0 Å². The van der Waals surface area contributed by atoms with Crippen LogP contribution in [0.2, 0.25) is 5.22 Å². The zero-order chi connectivity index (χ0) is 9.97. The summed E-state index contributed by atoms with van der Waals surface area (Å²) in [4.78, 5) is 0. The molecule has 0 saturated heterocycles. The molecule has 0 aliphatic carbocycles. The fraction of sp³-hybridized carbons (Fsp3) is 0.0909. The first-order chi connectivity index (χ1) is 6.77. The third kappa shape index (κ3) is 1.81. The zero-order valence-corrected chi connectivity index (χ0v) is 8.11. The highest BCUT2D eigenvalue weighted by atomic mass is 35.5. The molecule has 72 valence electrons. The van der Waals surface area contributed by atoms with Crippen LogP contribution in [-0.4, -0.2) is 5.11 Å². The maximum absolute atomic E-state index is 9.85. The Hall–Kier alpha value is -1.25. The van der Waals surface area contributed by atoms with Crippen molar-refractivity contribution >= 4 is 11.6 Å². The molecule has 14 heavy (non-hydrogen) atoms. The molecule has 0 spiro atoms. The van der Waals surface area contributed by atoms with Gasteiger partial charge in [-0.05, 0) is 29.3 Å². The molecule has 1 atom stereocenters. The van der Waals surface area contributed by atoms with Gasteiger partial charge in [-0.2, -0.15) is 0 Å². The van der Waals surface area contributed by atoms with Gasteiger partial charge < -0.3 is 9.52 Å². The van der Waals surface area contributed by atoms with Gasteiger partial charge in [-0.1, -0.05) is 30.3 Å². The maximum Gasteiger partial charge on any atom is 0.193 e. The van der Waals surface area contributed by atoms with E-state index in [0.29, 0.717) is 5.76 Å². The normalized spacial score (nSPS) is 12.7. The van der Waals surface area contributed by atoms with Crippen molar-refractivity contribution in [3.8, 4) is 0 Å². The molecule has 1 heterocycles. The van der Waals surface area contributed by atoms with Gasteiger partial charge in [0.1, 0.15) is 11.9 Å². The lowest BCUT2D eigenvalue weighted by Gasteiger charge is -2.06. The van der Waals surface area contributed by atoms with Crippen molar-refractivity contribution in [3.05, 3.63) is 59.0 Å². The van der Waals surface area contributed by atoms with Gasteiger partial charge in [-0.25, -0.2) is 0 Å². The summed E-state index contributed by atoms with van der Waals surface area (Å²) in [6.07, 6.45) is -0.747. The van der Waals surface area contributed by atoms with E-state index in [2.05, 4.69) is 0 Å². The van der Waals surface area contributed by atoms with Crippen LogP contribution in [0.5, 0.6) is 0 Å². The van der Waals surface area contributed by atoms with Gasteiger partial charge in [0.2, 0.25) is 0 Å². The lowest BCUT2D eigenvalue weighted by molar-refractivity contribution is 0.189. The topological polar surface area (TPSA) is 33.4 Å². The van der Waals surface area contributed by atoms with Crippen molar-refractivity contribution in [3.63, 3.8) is 0 Å². The van der Waals surface area contributed by atoms with Crippen molar-refractivity contribution in [2.45, 2.75) is 6.10 Å². The SMILES string of the molecule is OC(c1ccccc1)c1ccc(Cl)o1. The summed E-state index contributed by atoms with van der Waals surface area (Å²) in [6.45, 7) is 0. The number of aliphatic hydroxyl groups excluding tert-OH is 1. The smallest absolute Gasteiger partial charge is 0.193 e. The standard InChI is InChI=1S/C11H9ClO2/c12-10-7-6-9(14-10)11(13)8-4-2-1-3-5-8/h1-7,11,13H. The van der Waals surface area contributed by atoms with Crippen LogP contribution in [0.4, 0.5) is 0 Å². The first-order valence-electron chi connectivity index (χ1n) is 4.25. The van der Waals surface area contributed by atoms with Crippen molar-refractivity contribution in [2.24, 2.45) is 0 Å². The second kappa shape index (κ2) is 3.86. The molecule has 0 fully saturated rings. The third-order valence-electron chi connectivity index (χ3n) is 1.98. The van der Waals surface area contributed by atoms with E-state index in [0.717, 1.165) is 5.56 Å². The predicted molar refractivity (Wildman–Crippen MR) is 54.2 cm³/mol. The Morgan fingerprint density at radius 1 is 1.07 bits per heavy atom. The van der Waals surface area contributed by atoms with Gasteiger partial charge in [0, 0.05) is 0 Å². The van der Waals surface area contributed by atoms with Crippen LogP contribution >= 0.6 is 11.6 Å².